The van der Waals surface area contributed by atoms with Gasteiger partial charge in [-0.25, -0.2) is 0 Å². The zero-order chi connectivity index (χ0) is 45.9. The molecule has 0 unspecified atom stereocenters. The van der Waals surface area contributed by atoms with Crippen LogP contribution in [-0.2, 0) is 6.18 Å². The molecule has 0 atom stereocenters. The lowest BCUT2D eigenvalue weighted by Crippen LogP contribution is -2.09. The number of benzene rings is 8. The van der Waals surface area contributed by atoms with Crippen LogP contribution in [0.5, 0.6) is 0 Å². The van der Waals surface area contributed by atoms with E-state index in [1.54, 1.807) is 18.2 Å². The summed E-state index contributed by atoms with van der Waals surface area (Å²) in [5, 5.41) is 15.3. The third kappa shape index (κ3) is 6.79. The van der Waals surface area contributed by atoms with E-state index in [0.717, 1.165) is 94.4 Å². The molecule has 68 heavy (non-hydrogen) atoms. The average molecular weight is 884 g/mol. The maximum atomic E-state index is 15.0. The van der Waals surface area contributed by atoms with Crippen LogP contribution in [0, 0.1) is 11.3 Å². The number of rotatable bonds is 7. The molecule has 0 saturated carbocycles. The number of nitriles is 1. The molecular formula is C60H36F3N5. The second-order valence-electron chi connectivity index (χ2n) is 16.8. The summed E-state index contributed by atoms with van der Waals surface area (Å²) >= 11 is 0. The molecule has 0 radical (unpaired) electrons. The van der Waals surface area contributed by atoms with Crippen molar-refractivity contribution < 1.29 is 13.2 Å². The van der Waals surface area contributed by atoms with E-state index in [1.165, 1.54) is 12.1 Å². The lowest BCUT2D eigenvalue weighted by molar-refractivity contribution is -0.137. The van der Waals surface area contributed by atoms with Crippen molar-refractivity contribution in [3.05, 3.63) is 230 Å². The van der Waals surface area contributed by atoms with Gasteiger partial charge in [0, 0.05) is 56.2 Å². The smallest absolute Gasteiger partial charge is 0.308 e. The van der Waals surface area contributed by atoms with Crippen molar-refractivity contribution in [3.8, 4) is 73.3 Å². The Bertz CT molecular complexity index is 3720. The minimum Gasteiger partial charge on any atom is -0.308 e. The van der Waals surface area contributed by atoms with Gasteiger partial charge in [0.15, 0.2) is 0 Å². The molecule has 0 saturated heterocycles. The molecule has 0 aliphatic heterocycles. The molecule has 0 amide bonds. The van der Waals surface area contributed by atoms with Gasteiger partial charge in [0.2, 0.25) is 0 Å². The van der Waals surface area contributed by atoms with Crippen molar-refractivity contribution in [2.24, 2.45) is 0 Å². The maximum absolute atomic E-state index is 15.0. The first-order valence-electron chi connectivity index (χ1n) is 22.2. The average Bonchev–Trinajstić information content (AvgIpc) is 3.90. The number of alkyl halides is 3. The normalized spacial score (nSPS) is 11.7. The third-order valence-electron chi connectivity index (χ3n) is 12.9. The largest absolute Gasteiger partial charge is 0.417 e. The molecule has 0 fully saturated rings. The second kappa shape index (κ2) is 16.1. The number of pyridine rings is 2. The Morgan fingerprint density at radius 1 is 0.382 bits per heavy atom. The molecule has 12 aromatic rings. The lowest BCUT2D eigenvalue weighted by atomic mass is 9.95. The van der Waals surface area contributed by atoms with E-state index in [-0.39, 0.29) is 5.56 Å². The summed E-state index contributed by atoms with van der Waals surface area (Å²) in [6.45, 7) is 0. The van der Waals surface area contributed by atoms with E-state index >= 15 is 13.2 Å². The number of hydrogen-bond acceptors (Lipinski definition) is 3. The molecule has 0 spiro atoms. The van der Waals surface area contributed by atoms with Crippen LogP contribution in [0.1, 0.15) is 11.1 Å². The Balaban J connectivity index is 1.13. The van der Waals surface area contributed by atoms with Crippen molar-refractivity contribution in [2.45, 2.75) is 6.18 Å². The van der Waals surface area contributed by atoms with Gasteiger partial charge < -0.3 is 9.13 Å². The molecule has 0 N–H and O–H groups in total. The summed E-state index contributed by atoms with van der Waals surface area (Å²) in [5.74, 6) is 0. The van der Waals surface area contributed by atoms with Crippen LogP contribution < -0.4 is 0 Å². The summed E-state index contributed by atoms with van der Waals surface area (Å²) in [7, 11) is 0. The Kier molecular flexibility index (Phi) is 9.59. The van der Waals surface area contributed by atoms with E-state index in [0.29, 0.717) is 22.5 Å². The van der Waals surface area contributed by atoms with Crippen LogP contribution in [0.2, 0.25) is 0 Å². The predicted octanol–water partition coefficient (Wildman–Crippen LogP) is 15.9. The standard InChI is InChI=1S/C60H36F3N5/c61-60(62,63)51-20-10-7-17-45(51)44-33-58(67-54-21-11-8-18-46(54)48-27-23-40(31-56(48)67)42-25-29-52(65-36-42)38-13-3-1-4-14-38)50(35-64)59(34-44)68-55-22-12-9-19-47(55)49-28-24-41(32-57(49)68)43-26-30-53(66-37-43)39-15-5-2-6-16-39/h1-34,36-37H. The maximum Gasteiger partial charge on any atom is 0.417 e. The minimum atomic E-state index is -4.65. The first-order chi connectivity index (χ1) is 33.3. The van der Waals surface area contributed by atoms with Gasteiger partial charge in [0.05, 0.1) is 50.4 Å². The van der Waals surface area contributed by atoms with E-state index in [2.05, 4.69) is 42.5 Å². The molecule has 322 valence electrons. The van der Waals surface area contributed by atoms with Crippen molar-refractivity contribution in [2.75, 3.05) is 0 Å². The Morgan fingerprint density at radius 3 is 1.26 bits per heavy atom. The number of halogens is 3. The van der Waals surface area contributed by atoms with Crippen LogP contribution >= 0.6 is 0 Å². The van der Waals surface area contributed by atoms with Crippen molar-refractivity contribution >= 4 is 43.6 Å². The highest BCUT2D eigenvalue weighted by Gasteiger charge is 2.34. The second-order valence-corrected chi connectivity index (χ2v) is 16.8. The molecule has 12 rings (SSSR count). The number of para-hydroxylation sites is 2. The van der Waals surface area contributed by atoms with E-state index in [4.69, 9.17) is 9.97 Å². The molecule has 4 heterocycles. The van der Waals surface area contributed by atoms with Crippen molar-refractivity contribution in [1.82, 2.24) is 19.1 Å². The molecule has 0 bridgehead atoms. The zero-order valence-electron chi connectivity index (χ0n) is 36.2. The summed E-state index contributed by atoms with van der Waals surface area (Å²) in [6.07, 6.45) is -0.940. The number of fused-ring (bicyclic) bond motifs is 6. The molecule has 0 aliphatic rings. The van der Waals surface area contributed by atoms with E-state index < -0.39 is 11.7 Å². The van der Waals surface area contributed by atoms with Gasteiger partial charge in [0.1, 0.15) is 11.6 Å². The highest BCUT2D eigenvalue weighted by molar-refractivity contribution is 6.12. The first-order valence-corrected chi connectivity index (χ1v) is 22.2. The number of aromatic nitrogens is 4. The summed E-state index contributed by atoms with van der Waals surface area (Å²) in [6, 6.07) is 68.1. The number of nitrogens with zero attached hydrogens (tertiary/aromatic N) is 5. The zero-order valence-corrected chi connectivity index (χ0v) is 36.2. The minimum absolute atomic E-state index is 0.00376. The van der Waals surface area contributed by atoms with Gasteiger partial charge in [0.25, 0.3) is 0 Å². The van der Waals surface area contributed by atoms with Gasteiger partial charge in [-0.3, -0.25) is 9.97 Å². The number of hydrogen-bond donors (Lipinski definition) is 0. The Labute approximate surface area is 388 Å². The predicted molar refractivity (Wildman–Crippen MR) is 268 cm³/mol. The lowest BCUT2D eigenvalue weighted by Gasteiger charge is -2.20. The fourth-order valence-electron chi connectivity index (χ4n) is 9.72. The molecule has 0 aliphatic carbocycles. The van der Waals surface area contributed by atoms with Gasteiger partial charge in [-0.1, -0.05) is 152 Å². The van der Waals surface area contributed by atoms with Crippen LogP contribution in [0.15, 0.2) is 219 Å². The third-order valence-corrected chi connectivity index (χ3v) is 12.9. The van der Waals surface area contributed by atoms with Crippen LogP contribution in [0.4, 0.5) is 13.2 Å². The van der Waals surface area contributed by atoms with Gasteiger partial charge in [-0.15, -0.1) is 0 Å². The summed E-state index contributed by atoms with van der Waals surface area (Å²) in [4.78, 5) is 9.63. The Hall–Kier alpha value is -9.06. The molecule has 8 aromatic carbocycles. The summed E-state index contributed by atoms with van der Waals surface area (Å²) < 4.78 is 49.2. The quantitative estimate of drug-likeness (QED) is 0.160. The van der Waals surface area contributed by atoms with Gasteiger partial charge >= 0.3 is 6.18 Å². The highest BCUT2D eigenvalue weighted by Crippen LogP contribution is 2.44. The monoisotopic (exact) mass is 883 g/mol. The Morgan fingerprint density at radius 2 is 0.809 bits per heavy atom. The van der Waals surface area contributed by atoms with Gasteiger partial charge in [-0.2, -0.15) is 18.4 Å². The van der Waals surface area contributed by atoms with E-state index in [1.807, 2.05) is 155 Å². The van der Waals surface area contributed by atoms with Crippen LogP contribution in [0.25, 0.3) is 111 Å². The van der Waals surface area contributed by atoms with Crippen molar-refractivity contribution in [3.63, 3.8) is 0 Å². The molecule has 4 aromatic heterocycles. The fraction of sp³-hybridized carbons (Fsp3) is 0.0167. The first kappa shape index (κ1) is 40.4. The van der Waals surface area contributed by atoms with Gasteiger partial charge in [-0.05, 0) is 76.9 Å². The fourth-order valence-corrected chi connectivity index (χ4v) is 9.72. The topological polar surface area (TPSA) is 59.4 Å². The van der Waals surface area contributed by atoms with Crippen molar-refractivity contribution in [1.29, 1.82) is 5.26 Å². The highest BCUT2D eigenvalue weighted by atomic mass is 19.4. The molecular weight excluding hydrogens is 848 g/mol. The SMILES string of the molecule is N#Cc1c(-n2c3ccccc3c3ccc(-c4ccc(-c5ccccc5)nc4)cc32)cc(-c2ccccc2C(F)(F)F)cc1-n1c2ccccc2c2ccc(-c3ccc(-c4ccccc4)nc3)cc21. The summed E-state index contributed by atoms with van der Waals surface area (Å²) in [5.41, 5.74) is 11.2. The van der Waals surface area contributed by atoms with Crippen LogP contribution in [0.3, 0.4) is 0 Å². The molecule has 5 nitrogen and oxygen atoms in total. The molecule has 8 heteroatoms. The van der Waals surface area contributed by atoms with E-state index in [9.17, 15) is 5.26 Å². The van der Waals surface area contributed by atoms with Crippen LogP contribution in [-0.4, -0.2) is 19.1 Å².